The number of carbonyl (C=O) groups is 1. The monoisotopic (exact) mass is 445 g/mol. The van der Waals surface area contributed by atoms with Crippen LogP contribution in [0.4, 0.5) is 5.82 Å². The summed E-state index contributed by atoms with van der Waals surface area (Å²) < 4.78 is 1.28. The van der Waals surface area contributed by atoms with Crippen LogP contribution in [0, 0.1) is 17.0 Å². The maximum absolute atomic E-state index is 12.6. The summed E-state index contributed by atoms with van der Waals surface area (Å²) in [5, 5.41) is 15.8. The molecule has 0 saturated carbocycles. The highest BCUT2D eigenvalue weighted by atomic mass is 35.5. The number of hydrogen-bond donors (Lipinski definition) is 0. The molecule has 1 aliphatic heterocycles. The Hall–Kier alpha value is -1.87. The Morgan fingerprint density at radius 2 is 1.86 bits per heavy atom. The van der Waals surface area contributed by atoms with E-state index in [-0.39, 0.29) is 17.5 Å². The number of nitrogens with zero attached hydrogens (tertiary/aromatic N) is 5. The van der Waals surface area contributed by atoms with E-state index in [4.69, 9.17) is 34.8 Å². The van der Waals surface area contributed by atoms with Gasteiger partial charge in [-0.25, -0.2) is 0 Å². The van der Waals surface area contributed by atoms with Crippen LogP contribution in [-0.2, 0) is 17.9 Å². The molecule has 1 fully saturated rings. The molecule has 3 rings (SSSR count). The number of benzene rings is 1. The predicted octanol–water partition coefficient (Wildman–Crippen LogP) is 3.40. The zero-order valence-electron chi connectivity index (χ0n) is 15.1. The molecule has 28 heavy (non-hydrogen) atoms. The van der Waals surface area contributed by atoms with Gasteiger partial charge < -0.3 is 15.0 Å². The third kappa shape index (κ3) is 4.57. The Kier molecular flexibility index (Phi) is 6.44. The first-order valence-electron chi connectivity index (χ1n) is 8.57. The van der Waals surface area contributed by atoms with Gasteiger partial charge in [-0.2, -0.15) is 4.68 Å². The van der Waals surface area contributed by atoms with Crippen LogP contribution >= 0.6 is 34.8 Å². The maximum atomic E-state index is 12.6. The summed E-state index contributed by atoms with van der Waals surface area (Å²) in [4.78, 5) is 26.8. The Labute approximate surface area is 176 Å². The van der Waals surface area contributed by atoms with E-state index in [1.54, 1.807) is 17.9 Å². The number of rotatable bonds is 5. The SMILES string of the molecule is Cc1c(Cl)c([N+](=O)[O-])nn1CC(=O)N1CCN(Cc2ccc(Cl)c(Cl)c2)CC1. The summed E-state index contributed by atoms with van der Waals surface area (Å²) in [5.74, 6) is -0.579. The van der Waals surface area contributed by atoms with Crippen molar-refractivity contribution in [1.82, 2.24) is 19.6 Å². The Morgan fingerprint density at radius 1 is 1.18 bits per heavy atom. The molecule has 1 saturated heterocycles. The molecular weight excluding hydrogens is 429 g/mol. The average Bonchev–Trinajstić information content (AvgIpc) is 2.94. The van der Waals surface area contributed by atoms with E-state index >= 15 is 0 Å². The lowest BCUT2D eigenvalue weighted by Gasteiger charge is -2.34. The van der Waals surface area contributed by atoms with E-state index in [0.717, 1.165) is 12.1 Å². The van der Waals surface area contributed by atoms with Gasteiger partial charge in [-0.15, -0.1) is 0 Å². The lowest BCUT2D eigenvalue weighted by Crippen LogP contribution is -2.49. The quantitative estimate of drug-likeness (QED) is 0.519. The number of halogens is 3. The van der Waals surface area contributed by atoms with Crippen LogP contribution in [0.25, 0.3) is 0 Å². The highest BCUT2D eigenvalue weighted by molar-refractivity contribution is 6.42. The standard InChI is InChI=1S/C17H18Cl3N5O3/c1-11-16(20)17(25(27)28)21-24(11)10-15(26)23-6-4-22(5-7-23)9-12-2-3-13(18)14(19)8-12/h2-3,8H,4-7,9-10H2,1H3. The van der Waals surface area contributed by atoms with Crippen molar-refractivity contribution in [3.8, 4) is 0 Å². The van der Waals surface area contributed by atoms with Crippen LogP contribution in [0.3, 0.4) is 0 Å². The first kappa shape index (κ1) is 20.9. The van der Waals surface area contributed by atoms with Gasteiger partial charge in [0.05, 0.1) is 20.8 Å². The minimum Gasteiger partial charge on any atom is -0.358 e. The zero-order chi connectivity index (χ0) is 20.4. The molecule has 0 spiro atoms. The number of piperazine rings is 1. The Bertz CT molecular complexity index is 910. The second kappa shape index (κ2) is 8.65. The van der Waals surface area contributed by atoms with Crippen molar-refractivity contribution in [1.29, 1.82) is 0 Å². The fourth-order valence-electron chi connectivity index (χ4n) is 3.06. The van der Waals surface area contributed by atoms with Gasteiger partial charge in [0.15, 0.2) is 5.02 Å². The fraction of sp³-hybridized carbons (Fsp3) is 0.412. The van der Waals surface area contributed by atoms with Crippen molar-refractivity contribution < 1.29 is 9.72 Å². The third-order valence-corrected chi connectivity index (χ3v) is 5.87. The van der Waals surface area contributed by atoms with Crippen molar-refractivity contribution in [2.75, 3.05) is 26.2 Å². The Balaban J connectivity index is 1.56. The van der Waals surface area contributed by atoms with Crippen molar-refractivity contribution >= 4 is 46.5 Å². The van der Waals surface area contributed by atoms with Crippen LogP contribution < -0.4 is 0 Å². The summed E-state index contributed by atoms with van der Waals surface area (Å²) in [5.41, 5.74) is 1.46. The number of amides is 1. The molecule has 0 aliphatic carbocycles. The van der Waals surface area contributed by atoms with Gasteiger partial charge in [-0.3, -0.25) is 9.69 Å². The molecule has 1 amide bonds. The number of aromatic nitrogens is 2. The first-order chi connectivity index (χ1) is 13.3. The largest absolute Gasteiger partial charge is 0.408 e. The molecule has 1 aromatic carbocycles. The fourth-order valence-corrected chi connectivity index (χ4v) is 3.58. The third-order valence-electron chi connectivity index (χ3n) is 4.69. The van der Waals surface area contributed by atoms with Crippen molar-refractivity contribution in [2.45, 2.75) is 20.0 Å². The second-order valence-electron chi connectivity index (χ2n) is 6.54. The molecule has 0 N–H and O–H groups in total. The number of nitro groups is 1. The van der Waals surface area contributed by atoms with E-state index in [2.05, 4.69) is 10.00 Å². The zero-order valence-corrected chi connectivity index (χ0v) is 17.3. The lowest BCUT2D eigenvalue weighted by atomic mass is 10.2. The molecule has 1 aromatic heterocycles. The molecule has 0 radical (unpaired) electrons. The molecule has 0 atom stereocenters. The minimum atomic E-state index is -0.655. The summed E-state index contributed by atoms with van der Waals surface area (Å²) >= 11 is 17.9. The van der Waals surface area contributed by atoms with Crippen molar-refractivity contribution in [3.05, 3.63) is 54.6 Å². The highest BCUT2D eigenvalue weighted by Crippen LogP contribution is 2.26. The van der Waals surface area contributed by atoms with Gasteiger partial charge in [0.25, 0.3) is 0 Å². The normalized spacial score (nSPS) is 15.1. The van der Waals surface area contributed by atoms with Crippen LogP contribution in [0.1, 0.15) is 11.3 Å². The van der Waals surface area contributed by atoms with Gasteiger partial charge in [-0.05, 0) is 29.5 Å². The molecule has 2 aromatic rings. The van der Waals surface area contributed by atoms with Crippen LogP contribution in [0.2, 0.25) is 15.1 Å². The molecule has 0 unspecified atom stereocenters. The summed E-state index contributed by atoms with van der Waals surface area (Å²) in [6, 6.07) is 5.55. The van der Waals surface area contributed by atoms with E-state index in [1.165, 1.54) is 4.68 Å². The second-order valence-corrected chi connectivity index (χ2v) is 7.74. The van der Waals surface area contributed by atoms with Gasteiger partial charge in [0.2, 0.25) is 5.91 Å². The molecule has 8 nitrogen and oxygen atoms in total. The van der Waals surface area contributed by atoms with Crippen molar-refractivity contribution in [2.24, 2.45) is 0 Å². The van der Waals surface area contributed by atoms with Crippen LogP contribution in [0.15, 0.2) is 18.2 Å². The smallest absolute Gasteiger partial charge is 0.358 e. The first-order valence-corrected chi connectivity index (χ1v) is 9.71. The summed E-state index contributed by atoms with van der Waals surface area (Å²) in [7, 11) is 0. The molecule has 1 aliphatic rings. The van der Waals surface area contributed by atoms with E-state index in [0.29, 0.717) is 41.9 Å². The Morgan fingerprint density at radius 3 is 2.43 bits per heavy atom. The van der Waals surface area contributed by atoms with Crippen LogP contribution in [-0.4, -0.2) is 56.6 Å². The van der Waals surface area contributed by atoms with Gasteiger partial charge in [0, 0.05) is 32.7 Å². The number of hydrogen-bond acceptors (Lipinski definition) is 5. The maximum Gasteiger partial charge on any atom is 0.408 e. The summed E-state index contributed by atoms with van der Waals surface area (Å²) in [6.07, 6.45) is 0. The average molecular weight is 447 g/mol. The molecule has 2 heterocycles. The molecular formula is C17H18Cl3N5O3. The van der Waals surface area contributed by atoms with Gasteiger partial charge in [-0.1, -0.05) is 40.9 Å². The molecule has 150 valence electrons. The minimum absolute atomic E-state index is 0.0377. The van der Waals surface area contributed by atoms with E-state index < -0.39 is 10.7 Å². The molecule has 11 heteroatoms. The van der Waals surface area contributed by atoms with E-state index in [9.17, 15) is 14.9 Å². The predicted molar refractivity (Wildman–Crippen MR) is 107 cm³/mol. The van der Waals surface area contributed by atoms with Gasteiger partial charge in [0.1, 0.15) is 6.54 Å². The lowest BCUT2D eigenvalue weighted by molar-refractivity contribution is -0.389. The van der Waals surface area contributed by atoms with Crippen molar-refractivity contribution in [3.63, 3.8) is 0 Å². The highest BCUT2D eigenvalue weighted by Gasteiger charge is 2.27. The summed E-state index contributed by atoms with van der Waals surface area (Å²) in [6.45, 7) is 4.80. The topological polar surface area (TPSA) is 84.5 Å². The molecule has 0 bridgehead atoms. The number of carbonyl (C=O) groups excluding carboxylic acids is 1. The van der Waals surface area contributed by atoms with E-state index in [1.807, 2.05) is 12.1 Å². The van der Waals surface area contributed by atoms with Crippen LogP contribution in [0.5, 0.6) is 0 Å². The van der Waals surface area contributed by atoms with Gasteiger partial charge >= 0.3 is 5.82 Å².